The Kier molecular flexibility index (Phi) is 6.63. The van der Waals surface area contributed by atoms with E-state index >= 15 is 0 Å². The number of fused-ring (bicyclic) bond motifs is 1. The smallest absolute Gasteiger partial charge is 0.254 e. The van der Waals surface area contributed by atoms with Crippen LogP contribution in [0.5, 0.6) is 0 Å². The number of halogens is 1. The van der Waals surface area contributed by atoms with Crippen LogP contribution < -0.4 is 5.32 Å². The third-order valence-corrected chi connectivity index (χ3v) is 6.95. The minimum absolute atomic E-state index is 0.00164. The average molecular weight is 441 g/mol. The monoisotopic (exact) mass is 440 g/mol. The molecule has 1 unspecified atom stereocenters. The Labute approximate surface area is 188 Å². The van der Waals surface area contributed by atoms with Gasteiger partial charge in [-0.15, -0.1) is 0 Å². The van der Waals surface area contributed by atoms with Crippen molar-refractivity contribution < 1.29 is 14.3 Å². The lowest BCUT2D eigenvalue weighted by atomic mass is 9.71. The Balaban J connectivity index is 1.61. The average Bonchev–Trinajstić information content (AvgIpc) is 3.25. The first-order valence-electron chi connectivity index (χ1n) is 11.0. The van der Waals surface area contributed by atoms with Gasteiger partial charge in [-0.1, -0.05) is 54.8 Å². The summed E-state index contributed by atoms with van der Waals surface area (Å²) in [5.41, 5.74) is 2.14. The summed E-state index contributed by atoms with van der Waals surface area (Å²) in [5, 5.41) is 3.86. The van der Waals surface area contributed by atoms with E-state index in [4.69, 9.17) is 16.3 Å². The molecule has 1 saturated carbocycles. The third kappa shape index (κ3) is 4.21. The van der Waals surface area contributed by atoms with Gasteiger partial charge in [-0.05, 0) is 48.6 Å². The first kappa shape index (κ1) is 21.8. The highest BCUT2D eigenvalue weighted by Crippen LogP contribution is 2.50. The topological polar surface area (TPSA) is 58.6 Å². The molecule has 1 heterocycles. The van der Waals surface area contributed by atoms with E-state index in [1.807, 2.05) is 53.4 Å². The highest BCUT2D eigenvalue weighted by atomic mass is 35.5. The summed E-state index contributed by atoms with van der Waals surface area (Å²) in [5.74, 6) is -0.357. The highest BCUT2D eigenvalue weighted by molar-refractivity contribution is 6.30. The summed E-state index contributed by atoms with van der Waals surface area (Å²) >= 11 is 5.97. The van der Waals surface area contributed by atoms with Gasteiger partial charge in [-0.2, -0.15) is 0 Å². The molecule has 1 fully saturated rings. The fraction of sp³-hybridized carbons (Fsp3) is 0.440. The molecule has 31 heavy (non-hydrogen) atoms. The predicted molar refractivity (Wildman–Crippen MR) is 121 cm³/mol. The zero-order valence-corrected chi connectivity index (χ0v) is 18.7. The zero-order chi connectivity index (χ0) is 21.8. The van der Waals surface area contributed by atoms with E-state index in [0.717, 1.165) is 43.2 Å². The molecule has 2 aromatic rings. The zero-order valence-electron chi connectivity index (χ0n) is 17.9. The molecule has 0 saturated heterocycles. The molecule has 0 bridgehead atoms. The Morgan fingerprint density at radius 2 is 1.87 bits per heavy atom. The lowest BCUT2D eigenvalue weighted by molar-refractivity contribution is -0.126. The van der Waals surface area contributed by atoms with E-state index in [-0.39, 0.29) is 17.7 Å². The molecular formula is C25H29ClN2O3. The van der Waals surface area contributed by atoms with Crippen LogP contribution >= 0.6 is 11.6 Å². The molecular weight excluding hydrogens is 412 g/mol. The fourth-order valence-electron chi connectivity index (χ4n) is 5.26. The molecule has 164 valence electrons. The van der Waals surface area contributed by atoms with Gasteiger partial charge in [0.15, 0.2) is 0 Å². The van der Waals surface area contributed by atoms with Gasteiger partial charge in [0.05, 0.1) is 18.1 Å². The van der Waals surface area contributed by atoms with Gasteiger partial charge in [0.2, 0.25) is 5.91 Å². The summed E-state index contributed by atoms with van der Waals surface area (Å²) in [4.78, 5) is 28.9. The number of rotatable bonds is 7. The molecule has 0 aromatic heterocycles. The van der Waals surface area contributed by atoms with Gasteiger partial charge in [0.25, 0.3) is 5.91 Å². The molecule has 2 aromatic carbocycles. The van der Waals surface area contributed by atoms with Crippen molar-refractivity contribution in [2.75, 3.05) is 26.8 Å². The fourth-order valence-corrected chi connectivity index (χ4v) is 5.38. The second kappa shape index (κ2) is 9.41. The first-order chi connectivity index (χ1) is 15.1. The van der Waals surface area contributed by atoms with Crippen LogP contribution in [-0.2, 0) is 16.0 Å². The first-order valence-corrected chi connectivity index (χ1v) is 11.4. The number of nitrogens with one attached hydrogen (secondary N) is 1. The lowest BCUT2D eigenvalue weighted by Gasteiger charge is -2.50. The molecule has 2 aliphatic rings. The van der Waals surface area contributed by atoms with Crippen molar-refractivity contribution in [1.29, 1.82) is 0 Å². The van der Waals surface area contributed by atoms with Gasteiger partial charge < -0.3 is 15.0 Å². The SMILES string of the molecule is COCCN1C(=O)c2ccccc2C(C(=O)NCCc2ccc(Cl)cc2)C12CCCC2. The van der Waals surface area contributed by atoms with Crippen LogP contribution in [-0.4, -0.2) is 49.1 Å². The Bertz CT molecular complexity index is 938. The molecule has 1 aliphatic heterocycles. The maximum absolute atomic E-state index is 13.6. The number of ether oxygens (including phenoxy) is 1. The van der Waals surface area contributed by atoms with Gasteiger partial charge >= 0.3 is 0 Å². The molecule has 0 radical (unpaired) electrons. The van der Waals surface area contributed by atoms with Crippen LogP contribution in [0.1, 0.15) is 53.1 Å². The Morgan fingerprint density at radius 1 is 1.16 bits per heavy atom. The van der Waals surface area contributed by atoms with Crippen LogP contribution in [0, 0.1) is 0 Å². The minimum atomic E-state index is -0.478. The van der Waals surface area contributed by atoms with E-state index in [0.29, 0.717) is 30.3 Å². The molecule has 5 nitrogen and oxygen atoms in total. The largest absolute Gasteiger partial charge is 0.383 e. The van der Waals surface area contributed by atoms with Crippen molar-refractivity contribution >= 4 is 23.4 Å². The van der Waals surface area contributed by atoms with Crippen molar-refractivity contribution in [3.63, 3.8) is 0 Å². The number of hydrogen-bond acceptors (Lipinski definition) is 3. The normalized spacial score (nSPS) is 19.5. The van der Waals surface area contributed by atoms with Crippen molar-refractivity contribution in [3.8, 4) is 0 Å². The summed E-state index contributed by atoms with van der Waals surface area (Å²) < 4.78 is 5.30. The number of nitrogens with zero attached hydrogens (tertiary/aromatic N) is 1. The summed E-state index contributed by atoms with van der Waals surface area (Å²) in [6, 6.07) is 15.3. The van der Waals surface area contributed by atoms with E-state index < -0.39 is 5.54 Å². The van der Waals surface area contributed by atoms with Crippen molar-refractivity contribution in [2.45, 2.75) is 43.6 Å². The molecule has 1 atom stereocenters. The molecule has 4 rings (SSSR count). The number of methoxy groups -OCH3 is 1. The van der Waals surface area contributed by atoms with Crippen LogP contribution in [0.25, 0.3) is 0 Å². The maximum atomic E-state index is 13.6. The van der Waals surface area contributed by atoms with Crippen LogP contribution in [0.3, 0.4) is 0 Å². The molecule has 2 amide bonds. The van der Waals surface area contributed by atoms with E-state index in [9.17, 15) is 9.59 Å². The second-order valence-electron chi connectivity index (χ2n) is 8.45. The minimum Gasteiger partial charge on any atom is -0.383 e. The maximum Gasteiger partial charge on any atom is 0.254 e. The quantitative estimate of drug-likeness (QED) is 0.702. The van der Waals surface area contributed by atoms with Crippen molar-refractivity contribution in [3.05, 3.63) is 70.2 Å². The number of hydrogen-bond donors (Lipinski definition) is 1. The van der Waals surface area contributed by atoms with Crippen LogP contribution in [0.15, 0.2) is 48.5 Å². The second-order valence-corrected chi connectivity index (χ2v) is 8.88. The Morgan fingerprint density at radius 3 is 2.58 bits per heavy atom. The van der Waals surface area contributed by atoms with Gasteiger partial charge in [0, 0.05) is 30.8 Å². The summed E-state index contributed by atoms with van der Waals surface area (Å²) in [6.07, 6.45) is 4.45. The van der Waals surface area contributed by atoms with E-state index in [1.54, 1.807) is 7.11 Å². The number of carbonyl (C=O) groups excluding carboxylic acids is 2. The van der Waals surface area contributed by atoms with E-state index in [1.165, 1.54) is 0 Å². The summed E-state index contributed by atoms with van der Waals surface area (Å²) in [6.45, 7) is 1.50. The van der Waals surface area contributed by atoms with Crippen LogP contribution in [0.2, 0.25) is 5.02 Å². The van der Waals surface area contributed by atoms with Crippen molar-refractivity contribution in [1.82, 2.24) is 10.2 Å². The van der Waals surface area contributed by atoms with Crippen LogP contribution in [0.4, 0.5) is 0 Å². The molecule has 6 heteroatoms. The molecule has 1 spiro atoms. The van der Waals surface area contributed by atoms with Gasteiger partial charge in [-0.25, -0.2) is 0 Å². The predicted octanol–water partition coefficient (Wildman–Crippen LogP) is 4.20. The Hall–Kier alpha value is -2.37. The van der Waals surface area contributed by atoms with Crippen molar-refractivity contribution in [2.24, 2.45) is 0 Å². The third-order valence-electron chi connectivity index (χ3n) is 6.70. The molecule has 1 N–H and O–H groups in total. The van der Waals surface area contributed by atoms with E-state index in [2.05, 4.69) is 5.32 Å². The van der Waals surface area contributed by atoms with Gasteiger partial charge in [-0.3, -0.25) is 9.59 Å². The highest BCUT2D eigenvalue weighted by Gasteiger charge is 2.55. The number of amides is 2. The van der Waals surface area contributed by atoms with Gasteiger partial charge in [0.1, 0.15) is 0 Å². The standard InChI is InChI=1S/C25H29ClN2O3/c1-31-17-16-28-24(30)21-7-3-2-6-20(21)22(25(28)13-4-5-14-25)23(29)27-15-12-18-8-10-19(26)11-9-18/h2-3,6-11,22H,4-5,12-17H2,1H3,(H,27,29). The molecule has 1 aliphatic carbocycles. The lowest BCUT2D eigenvalue weighted by Crippen LogP contribution is -2.61. The number of benzene rings is 2. The summed E-state index contributed by atoms with van der Waals surface area (Å²) in [7, 11) is 1.64. The number of carbonyl (C=O) groups is 2.